The van der Waals surface area contributed by atoms with Crippen LogP contribution < -0.4 is 15.0 Å². The number of nitrogens with zero attached hydrogens (tertiary/aromatic N) is 3. The molecule has 0 aliphatic carbocycles. The van der Waals surface area contributed by atoms with Gasteiger partial charge in [0.15, 0.2) is 5.75 Å². The molecule has 8 heteroatoms. The fourth-order valence-corrected chi connectivity index (χ4v) is 3.75. The molecule has 0 spiro atoms. The smallest absolute Gasteiger partial charge is 0.260 e. The molecule has 5 rings (SSSR count). The van der Waals surface area contributed by atoms with Gasteiger partial charge in [0.1, 0.15) is 16.7 Å². The third-order valence-corrected chi connectivity index (χ3v) is 5.48. The summed E-state index contributed by atoms with van der Waals surface area (Å²) in [6.45, 7) is 0.351. The Kier molecular flexibility index (Phi) is 5.46. The number of ether oxygens (including phenoxy) is 1. The summed E-state index contributed by atoms with van der Waals surface area (Å²) in [5.41, 5.74) is 2.18. The molecule has 2 amide bonds. The Hall–Kier alpha value is -4.23. The number of hydrogen-bond donors (Lipinski definition) is 1. The van der Waals surface area contributed by atoms with Gasteiger partial charge < -0.3 is 15.0 Å². The summed E-state index contributed by atoms with van der Waals surface area (Å²) in [6.07, 6.45) is 2.94. The lowest BCUT2D eigenvalue weighted by molar-refractivity contribution is 0.0984. The number of para-hydroxylation sites is 3. The number of pyridine rings is 2. The maximum absolute atomic E-state index is 13.4. The highest BCUT2D eigenvalue weighted by Gasteiger charge is 2.26. The van der Waals surface area contributed by atoms with Crippen LogP contribution in [0.1, 0.15) is 26.3 Å². The van der Waals surface area contributed by atoms with E-state index in [-0.39, 0.29) is 16.6 Å². The van der Waals surface area contributed by atoms with Crippen molar-refractivity contribution in [3.05, 3.63) is 107 Å². The Morgan fingerprint density at radius 3 is 2.48 bits per heavy atom. The predicted octanol–water partition coefficient (Wildman–Crippen LogP) is 5.34. The average Bonchev–Trinajstić information content (AvgIpc) is 3.01. The van der Waals surface area contributed by atoms with Crippen LogP contribution in [0.4, 0.5) is 11.5 Å². The Balaban J connectivity index is 1.40. The molecule has 1 N–H and O–H groups in total. The molecule has 2 aromatic carbocycles. The zero-order valence-corrected chi connectivity index (χ0v) is 18.0. The van der Waals surface area contributed by atoms with E-state index in [1.165, 1.54) is 12.4 Å². The number of amides is 2. The summed E-state index contributed by atoms with van der Waals surface area (Å²) >= 11 is 5.98. The molecule has 4 aromatic rings. The molecule has 0 saturated heterocycles. The van der Waals surface area contributed by atoms with Crippen molar-refractivity contribution in [2.75, 3.05) is 10.2 Å². The van der Waals surface area contributed by atoms with Crippen LogP contribution in [-0.4, -0.2) is 21.8 Å². The lowest BCUT2D eigenvalue weighted by Gasteiger charge is -2.22. The van der Waals surface area contributed by atoms with E-state index in [9.17, 15) is 9.59 Å². The normalized spacial score (nSPS) is 12.1. The van der Waals surface area contributed by atoms with Gasteiger partial charge in [-0.05, 0) is 42.5 Å². The van der Waals surface area contributed by atoms with E-state index < -0.39 is 5.91 Å². The van der Waals surface area contributed by atoms with Gasteiger partial charge in [0.2, 0.25) is 0 Å². The second-order valence-electron chi connectivity index (χ2n) is 7.30. The molecule has 33 heavy (non-hydrogen) atoms. The van der Waals surface area contributed by atoms with Gasteiger partial charge in [-0.15, -0.1) is 0 Å². The molecule has 162 valence electrons. The van der Waals surface area contributed by atoms with Crippen molar-refractivity contribution in [2.45, 2.75) is 6.54 Å². The first-order valence-electron chi connectivity index (χ1n) is 10.1. The molecule has 2 aromatic heterocycles. The van der Waals surface area contributed by atoms with Gasteiger partial charge >= 0.3 is 0 Å². The van der Waals surface area contributed by atoms with E-state index >= 15 is 0 Å². The van der Waals surface area contributed by atoms with Gasteiger partial charge in [-0.25, -0.2) is 9.97 Å². The van der Waals surface area contributed by atoms with Crippen LogP contribution in [0.25, 0.3) is 0 Å². The number of benzene rings is 2. The number of carbonyl (C=O) groups excluding carboxylic acids is 2. The lowest BCUT2D eigenvalue weighted by atomic mass is 10.1. The molecule has 0 bridgehead atoms. The Morgan fingerprint density at radius 2 is 1.70 bits per heavy atom. The highest BCUT2D eigenvalue weighted by molar-refractivity contribution is 6.33. The molecule has 0 unspecified atom stereocenters. The van der Waals surface area contributed by atoms with E-state index in [2.05, 4.69) is 15.3 Å². The fraction of sp³-hybridized carbons (Fsp3) is 0.0400. The molecule has 1 aliphatic heterocycles. The van der Waals surface area contributed by atoms with Crippen molar-refractivity contribution in [1.29, 1.82) is 0 Å². The number of hydrogen-bond acceptors (Lipinski definition) is 5. The number of rotatable bonds is 3. The standard InChI is InChI=1S/C25H17ClN4O3/c26-23-18(7-5-13-27-23)24(31)29-22-12-11-16(14-28-22)25(32)30-15-17-6-1-3-9-20(17)33-21-10-4-2-8-19(21)30/h1-14H,15H2,(H,28,29,31). The molecular formula is C25H17ClN4O3. The number of fused-ring (bicyclic) bond motifs is 2. The lowest BCUT2D eigenvalue weighted by Crippen LogP contribution is -2.30. The van der Waals surface area contributed by atoms with E-state index in [4.69, 9.17) is 16.3 Å². The SMILES string of the molecule is O=C(Nc1ccc(C(=O)N2Cc3ccccc3Oc3ccccc32)cn1)c1cccnc1Cl. The Labute approximate surface area is 194 Å². The summed E-state index contributed by atoms with van der Waals surface area (Å²) in [5.74, 6) is 0.936. The number of nitrogens with one attached hydrogen (secondary N) is 1. The first-order valence-corrected chi connectivity index (χ1v) is 10.5. The second kappa shape index (κ2) is 8.72. The minimum absolute atomic E-state index is 0.101. The first-order chi connectivity index (χ1) is 16.1. The molecule has 3 heterocycles. The van der Waals surface area contributed by atoms with Crippen LogP contribution in [0, 0.1) is 0 Å². The zero-order chi connectivity index (χ0) is 22.8. The van der Waals surface area contributed by atoms with Crippen LogP contribution >= 0.6 is 11.6 Å². The van der Waals surface area contributed by atoms with Gasteiger partial charge in [0, 0.05) is 18.0 Å². The van der Waals surface area contributed by atoms with Crippen LogP contribution in [-0.2, 0) is 6.54 Å². The Morgan fingerprint density at radius 1 is 0.909 bits per heavy atom. The summed E-state index contributed by atoms with van der Waals surface area (Å²) in [7, 11) is 0. The van der Waals surface area contributed by atoms with E-state index in [0.29, 0.717) is 35.1 Å². The first kappa shape index (κ1) is 20.7. The topological polar surface area (TPSA) is 84.4 Å². The summed E-state index contributed by atoms with van der Waals surface area (Å²) in [4.78, 5) is 35.7. The van der Waals surface area contributed by atoms with Crippen molar-refractivity contribution < 1.29 is 14.3 Å². The largest absolute Gasteiger partial charge is 0.455 e. The predicted molar refractivity (Wildman–Crippen MR) is 125 cm³/mol. The van der Waals surface area contributed by atoms with Crippen molar-refractivity contribution in [2.24, 2.45) is 0 Å². The summed E-state index contributed by atoms with van der Waals surface area (Å²) < 4.78 is 6.06. The molecule has 0 fully saturated rings. The zero-order valence-electron chi connectivity index (χ0n) is 17.2. The molecule has 0 saturated carbocycles. The third-order valence-electron chi connectivity index (χ3n) is 5.18. The molecule has 7 nitrogen and oxygen atoms in total. The van der Waals surface area contributed by atoms with Crippen molar-refractivity contribution in [3.63, 3.8) is 0 Å². The Bertz CT molecular complexity index is 1360. The fourth-order valence-electron chi connectivity index (χ4n) is 3.54. The van der Waals surface area contributed by atoms with Gasteiger partial charge in [-0.3, -0.25) is 9.59 Å². The molecular weight excluding hydrogens is 440 g/mol. The molecule has 0 radical (unpaired) electrons. The van der Waals surface area contributed by atoms with E-state index in [1.54, 1.807) is 29.2 Å². The van der Waals surface area contributed by atoms with Crippen molar-refractivity contribution >= 4 is 34.9 Å². The monoisotopic (exact) mass is 456 g/mol. The number of aromatic nitrogens is 2. The number of anilines is 2. The van der Waals surface area contributed by atoms with Crippen LogP contribution in [0.15, 0.2) is 85.2 Å². The highest BCUT2D eigenvalue weighted by atomic mass is 35.5. The molecule has 1 aliphatic rings. The summed E-state index contributed by atoms with van der Waals surface area (Å²) in [6, 6.07) is 21.4. The van der Waals surface area contributed by atoms with Crippen molar-refractivity contribution in [1.82, 2.24) is 9.97 Å². The van der Waals surface area contributed by atoms with Gasteiger partial charge in [-0.2, -0.15) is 0 Å². The van der Waals surface area contributed by atoms with E-state index in [1.807, 2.05) is 48.5 Å². The van der Waals surface area contributed by atoms with Crippen molar-refractivity contribution in [3.8, 4) is 11.5 Å². The van der Waals surface area contributed by atoms with Gasteiger partial charge in [0.25, 0.3) is 11.8 Å². The van der Waals surface area contributed by atoms with Gasteiger partial charge in [0.05, 0.1) is 23.4 Å². The maximum Gasteiger partial charge on any atom is 0.260 e. The quantitative estimate of drug-likeness (QED) is 0.421. The minimum Gasteiger partial charge on any atom is -0.455 e. The van der Waals surface area contributed by atoms with Gasteiger partial charge in [-0.1, -0.05) is 41.9 Å². The maximum atomic E-state index is 13.4. The second-order valence-corrected chi connectivity index (χ2v) is 7.65. The molecule has 0 atom stereocenters. The minimum atomic E-state index is -0.435. The van der Waals surface area contributed by atoms with Crippen LogP contribution in [0.3, 0.4) is 0 Å². The average molecular weight is 457 g/mol. The number of halogens is 1. The summed E-state index contributed by atoms with van der Waals surface area (Å²) in [5, 5.41) is 2.77. The third kappa shape index (κ3) is 4.14. The van der Waals surface area contributed by atoms with Crippen LogP contribution in [0.5, 0.6) is 11.5 Å². The van der Waals surface area contributed by atoms with Crippen LogP contribution in [0.2, 0.25) is 5.15 Å². The van der Waals surface area contributed by atoms with E-state index in [0.717, 1.165) is 5.56 Å². The number of carbonyl (C=O) groups is 2. The highest BCUT2D eigenvalue weighted by Crippen LogP contribution is 2.39.